The average molecular weight is 379 g/mol. The molecule has 0 heterocycles. The van der Waals surface area contributed by atoms with E-state index in [1.165, 1.54) is 18.2 Å². The van der Waals surface area contributed by atoms with Crippen LogP contribution in [-0.2, 0) is 11.0 Å². The summed E-state index contributed by atoms with van der Waals surface area (Å²) in [5.74, 6) is -0.121. The number of amides is 1. The lowest BCUT2D eigenvalue weighted by Gasteiger charge is -2.31. The van der Waals surface area contributed by atoms with Crippen molar-refractivity contribution in [2.75, 3.05) is 0 Å². The molecule has 2 rings (SSSR count). The van der Waals surface area contributed by atoms with Crippen LogP contribution in [0.5, 0.6) is 0 Å². The average Bonchev–Trinajstić information content (AvgIpc) is 2.60. The van der Waals surface area contributed by atoms with E-state index in [2.05, 4.69) is 18.8 Å². The quantitative estimate of drug-likeness (QED) is 0.594. The molecule has 0 aromatic heterocycles. The van der Waals surface area contributed by atoms with E-state index in [1.54, 1.807) is 12.1 Å². The zero-order valence-corrected chi connectivity index (χ0v) is 16.1. The predicted octanol–water partition coefficient (Wildman–Crippen LogP) is 4.75. The SMILES string of the molecule is C=CC(=O)NC1CCCCCC(C)(Bc2ccc(C(F)(F)F)cc2)CCC1. The maximum Gasteiger partial charge on any atom is 0.416 e. The molecule has 2 unspecified atom stereocenters. The number of halogens is 3. The molecule has 0 saturated heterocycles. The normalized spacial score (nSPS) is 24.7. The Morgan fingerprint density at radius 3 is 2.41 bits per heavy atom. The minimum atomic E-state index is -4.29. The molecule has 1 aliphatic carbocycles. The number of hydrogen-bond acceptors (Lipinski definition) is 1. The van der Waals surface area contributed by atoms with E-state index >= 15 is 0 Å². The van der Waals surface area contributed by atoms with E-state index in [0.29, 0.717) is 0 Å². The molecule has 2 atom stereocenters. The summed E-state index contributed by atoms with van der Waals surface area (Å²) in [5, 5.41) is 3.09. The van der Waals surface area contributed by atoms with Crippen molar-refractivity contribution in [2.24, 2.45) is 0 Å². The van der Waals surface area contributed by atoms with Crippen LogP contribution >= 0.6 is 0 Å². The number of nitrogens with one attached hydrogen (secondary N) is 1. The lowest BCUT2D eigenvalue weighted by molar-refractivity contribution is -0.137. The van der Waals surface area contributed by atoms with E-state index in [9.17, 15) is 18.0 Å². The van der Waals surface area contributed by atoms with Crippen molar-refractivity contribution in [3.05, 3.63) is 42.5 Å². The highest BCUT2D eigenvalue weighted by molar-refractivity contribution is 6.56. The van der Waals surface area contributed by atoms with Gasteiger partial charge in [0.05, 0.1) is 5.56 Å². The summed E-state index contributed by atoms with van der Waals surface area (Å²) >= 11 is 0. The third-order valence-electron chi connectivity index (χ3n) is 5.61. The first-order chi connectivity index (χ1) is 12.7. The van der Waals surface area contributed by atoms with Crippen LogP contribution in [0.15, 0.2) is 36.9 Å². The second-order valence-electron chi connectivity index (χ2n) is 8.08. The Morgan fingerprint density at radius 2 is 1.78 bits per heavy atom. The Balaban J connectivity index is 2.00. The van der Waals surface area contributed by atoms with Gasteiger partial charge in [-0.2, -0.15) is 13.2 Å². The maximum absolute atomic E-state index is 12.8. The van der Waals surface area contributed by atoms with Crippen molar-refractivity contribution in [2.45, 2.75) is 75.8 Å². The fraction of sp³-hybridized carbons (Fsp3) is 0.571. The standard InChI is InChI=1S/C21H29BF3NO/c1-3-19(27)26-18-8-5-4-6-14-20(2,15-7-9-18)22-17-12-10-16(11-13-17)21(23,24)25/h3,10-13,18,22H,1,4-9,14-15H2,2H3,(H,26,27). The fourth-order valence-electron chi connectivity index (χ4n) is 4.05. The highest BCUT2D eigenvalue weighted by Gasteiger charge is 2.31. The third kappa shape index (κ3) is 7.08. The number of carbonyl (C=O) groups is 1. The van der Waals surface area contributed by atoms with Crippen molar-refractivity contribution in [3.8, 4) is 0 Å². The molecule has 148 valence electrons. The van der Waals surface area contributed by atoms with Gasteiger partial charge in [0.25, 0.3) is 0 Å². The van der Waals surface area contributed by atoms with Crippen molar-refractivity contribution in [1.29, 1.82) is 0 Å². The summed E-state index contributed by atoms with van der Waals surface area (Å²) < 4.78 is 38.3. The van der Waals surface area contributed by atoms with Crippen LogP contribution < -0.4 is 10.8 Å². The Labute approximate surface area is 160 Å². The van der Waals surface area contributed by atoms with Gasteiger partial charge >= 0.3 is 6.18 Å². The summed E-state index contributed by atoms with van der Waals surface area (Å²) in [5.41, 5.74) is 0.363. The fourth-order valence-corrected chi connectivity index (χ4v) is 4.05. The van der Waals surface area contributed by atoms with Crippen LogP contribution in [0.2, 0.25) is 5.31 Å². The van der Waals surface area contributed by atoms with Crippen LogP contribution in [0, 0.1) is 0 Å². The zero-order chi connectivity index (χ0) is 19.9. The lowest BCUT2D eigenvalue weighted by atomic mass is 9.46. The first-order valence-electron chi connectivity index (χ1n) is 9.81. The van der Waals surface area contributed by atoms with Gasteiger partial charge in [-0.25, -0.2) is 0 Å². The summed E-state index contributed by atoms with van der Waals surface area (Å²) in [4.78, 5) is 11.6. The first kappa shape index (κ1) is 21.6. The molecule has 0 radical (unpaired) electrons. The molecular formula is C21H29BF3NO. The number of alkyl halides is 3. The lowest BCUT2D eigenvalue weighted by Crippen LogP contribution is -2.34. The highest BCUT2D eigenvalue weighted by Crippen LogP contribution is 2.38. The molecule has 1 aliphatic rings. The topological polar surface area (TPSA) is 29.1 Å². The molecule has 27 heavy (non-hydrogen) atoms. The van der Waals surface area contributed by atoms with Crippen molar-refractivity contribution < 1.29 is 18.0 Å². The first-order valence-corrected chi connectivity index (χ1v) is 9.81. The van der Waals surface area contributed by atoms with Gasteiger partial charge in [-0.3, -0.25) is 4.79 Å². The van der Waals surface area contributed by atoms with E-state index in [0.717, 1.165) is 64.1 Å². The van der Waals surface area contributed by atoms with E-state index < -0.39 is 11.7 Å². The van der Waals surface area contributed by atoms with Crippen LogP contribution in [0.1, 0.15) is 63.9 Å². The van der Waals surface area contributed by atoms with Crippen molar-refractivity contribution >= 4 is 18.6 Å². The Hall–Kier alpha value is -1.72. The second kappa shape index (κ2) is 9.47. The molecule has 1 amide bonds. The number of hydrogen-bond donors (Lipinski definition) is 1. The molecule has 1 aromatic rings. The Bertz CT molecular complexity index is 629. The van der Waals surface area contributed by atoms with Gasteiger partial charge in [0, 0.05) is 6.04 Å². The largest absolute Gasteiger partial charge is 0.416 e. The molecule has 0 spiro atoms. The van der Waals surface area contributed by atoms with E-state index in [4.69, 9.17) is 0 Å². The second-order valence-corrected chi connectivity index (χ2v) is 8.08. The third-order valence-corrected chi connectivity index (χ3v) is 5.61. The summed E-state index contributed by atoms with van der Waals surface area (Å²) in [6, 6.07) is 5.77. The molecule has 1 N–H and O–H groups in total. The summed E-state index contributed by atoms with van der Waals surface area (Å²) in [6.45, 7) is 5.75. The maximum atomic E-state index is 12.8. The Kier molecular flexibility index (Phi) is 7.57. The van der Waals surface area contributed by atoms with E-state index in [-0.39, 0.29) is 17.3 Å². The smallest absolute Gasteiger partial charge is 0.350 e. The van der Waals surface area contributed by atoms with Gasteiger partial charge < -0.3 is 5.32 Å². The predicted molar refractivity (Wildman–Crippen MR) is 106 cm³/mol. The zero-order valence-electron chi connectivity index (χ0n) is 16.1. The van der Waals surface area contributed by atoms with Gasteiger partial charge in [0.2, 0.25) is 5.91 Å². The van der Waals surface area contributed by atoms with Gasteiger partial charge in [-0.15, -0.1) is 0 Å². The Morgan fingerprint density at radius 1 is 1.15 bits per heavy atom. The summed E-state index contributed by atoms with van der Waals surface area (Å²) in [6.07, 6.45) is 5.35. The molecule has 0 bridgehead atoms. The van der Waals surface area contributed by atoms with Crippen LogP contribution in [0.25, 0.3) is 0 Å². The molecule has 1 saturated carbocycles. The number of rotatable bonds is 4. The number of benzene rings is 1. The highest BCUT2D eigenvalue weighted by atomic mass is 19.4. The van der Waals surface area contributed by atoms with Gasteiger partial charge in [0.15, 0.2) is 7.28 Å². The van der Waals surface area contributed by atoms with Gasteiger partial charge in [0.1, 0.15) is 0 Å². The van der Waals surface area contributed by atoms with Crippen LogP contribution in [0.3, 0.4) is 0 Å². The molecule has 0 aliphatic heterocycles. The van der Waals surface area contributed by atoms with Crippen LogP contribution in [0.4, 0.5) is 13.2 Å². The summed E-state index contributed by atoms with van der Waals surface area (Å²) in [7, 11) is 0.787. The molecule has 6 heteroatoms. The van der Waals surface area contributed by atoms with E-state index in [1.807, 2.05) is 0 Å². The molecular weight excluding hydrogens is 350 g/mol. The van der Waals surface area contributed by atoms with Gasteiger partial charge in [-0.05, 0) is 18.9 Å². The molecule has 2 nitrogen and oxygen atoms in total. The van der Waals surface area contributed by atoms with Crippen LogP contribution in [-0.4, -0.2) is 19.2 Å². The molecule has 1 fully saturated rings. The minimum absolute atomic E-state index is 0.0735. The van der Waals surface area contributed by atoms with Crippen molar-refractivity contribution in [1.82, 2.24) is 5.32 Å². The molecule has 1 aromatic carbocycles. The monoisotopic (exact) mass is 379 g/mol. The number of carbonyl (C=O) groups excluding carboxylic acids is 1. The minimum Gasteiger partial charge on any atom is -0.350 e. The van der Waals surface area contributed by atoms with Gasteiger partial charge in [-0.1, -0.05) is 87.1 Å². The van der Waals surface area contributed by atoms with Crippen molar-refractivity contribution in [3.63, 3.8) is 0 Å².